The van der Waals surface area contributed by atoms with E-state index in [1.54, 1.807) is 11.0 Å². The van der Waals surface area contributed by atoms with Gasteiger partial charge in [0.15, 0.2) is 0 Å². The van der Waals surface area contributed by atoms with Crippen molar-refractivity contribution in [2.24, 2.45) is 17.8 Å². The maximum Gasteiger partial charge on any atom is 0.289 e. The first-order chi connectivity index (χ1) is 20.9. The second kappa shape index (κ2) is 12.4. The fourth-order valence-corrected chi connectivity index (χ4v) is 7.05. The van der Waals surface area contributed by atoms with Gasteiger partial charge in [0.05, 0.1) is 6.04 Å². The van der Waals surface area contributed by atoms with Crippen LogP contribution in [0.15, 0.2) is 60.7 Å². The minimum absolute atomic E-state index is 0.0198. The predicted molar refractivity (Wildman–Crippen MR) is 160 cm³/mol. The summed E-state index contributed by atoms with van der Waals surface area (Å²) in [4.78, 5) is 71.8. The first-order valence-electron chi connectivity index (χ1n) is 15.2. The third kappa shape index (κ3) is 6.04. The number of piperidine rings is 1. The number of aromatic amines is 1. The molecule has 10 nitrogen and oxygen atoms in total. The number of likely N-dealkylation sites (tertiary alicyclic amines) is 1. The fourth-order valence-electron chi connectivity index (χ4n) is 7.05. The van der Waals surface area contributed by atoms with E-state index in [0.717, 1.165) is 42.1 Å². The number of H-pyrrole nitrogens is 1. The van der Waals surface area contributed by atoms with E-state index in [2.05, 4.69) is 20.9 Å². The molecular formula is C33H37N5O5. The van der Waals surface area contributed by atoms with Crippen molar-refractivity contribution in [3.8, 4) is 0 Å². The molecule has 1 saturated carbocycles. The van der Waals surface area contributed by atoms with Crippen molar-refractivity contribution in [1.29, 1.82) is 0 Å². The molecule has 3 aliphatic rings. The number of rotatable bonds is 9. The number of nitrogens with zero attached hydrogens (tertiary/aromatic N) is 1. The molecular weight excluding hydrogens is 546 g/mol. The van der Waals surface area contributed by atoms with Crippen LogP contribution in [0.2, 0.25) is 0 Å². The van der Waals surface area contributed by atoms with Crippen molar-refractivity contribution in [2.75, 3.05) is 13.1 Å². The van der Waals surface area contributed by atoms with Gasteiger partial charge in [-0.25, -0.2) is 0 Å². The van der Waals surface area contributed by atoms with Gasteiger partial charge in [-0.1, -0.05) is 55.0 Å². The van der Waals surface area contributed by atoms with Gasteiger partial charge in [0.25, 0.3) is 11.8 Å². The van der Waals surface area contributed by atoms with Crippen LogP contribution >= 0.6 is 0 Å². The van der Waals surface area contributed by atoms with Gasteiger partial charge in [-0.05, 0) is 61.6 Å². The monoisotopic (exact) mass is 583 g/mol. The SMILES string of the molecule is O=C(NCc1ccccc1)C(=O)C(CC1CCCNC1=O)NC(=O)C1C2CCCC2CN1C(=O)c1cc2ccccc2[nH]1. The summed E-state index contributed by atoms with van der Waals surface area (Å²) in [6.45, 7) is 1.18. The molecule has 6 rings (SSSR count). The largest absolute Gasteiger partial charge is 0.356 e. The van der Waals surface area contributed by atoms with Crippen LogP contribution in [0.3, 0.4) is 0 Å². The number of carbonyl (C=O) groups excluding carboxylic acids is 5. The maximum absolute atomic E-state index is 14.0. The van der Waals surface area contributed by atoms with Gasteiger partial charge in [0.1, 0.15) is 11.7 Å². The van der Waals surface area contributed by atoms with Gasteiger partial charge < -0.3 is 25.8 Å². The van der Waals surface area contributed by atoms with Crippen LogP contribution in [0.25, 0.3) is 10.9 Å². The van der Waals surface area contributed by atoms with Crippen molar-refractivity contribution >= 4 is 40.3 Å². The van der Waals surface area contributed by atoms with Crippen LogP contribution < -0.4 is 16.0 Å². The summed E-state index contributed by atoms with van der Waals surface area (Å²) in [5.74, 6) is -2.86. The van der Waals surface area contributed by atoms with E-state index >= 15 is 0 Å². The zero-order valence-corrected chi connectivity index (χ0v) is 24.0. The summed E-state index contributed by atoms with van der Waals surface area (Å²) >= 11 is 0. The van der Waals surface area contributed by atoms with Crippen molar-refractivity contribution in [3.05, 3.63) is 71.9 Å². The zero-order chi connectivity index (χ0) is 29.9. The lowest BCUT2D eigenvalue weighted by Gasteiger charge is -2.30. The maximum atomic E-state index is 14.0. The quantitative estimate of drug-likeness (QED) is 0.287. The molecule has 0 bridgehead atoms. The molecule has 43 heavy (non-hydrogen) atoms. The van der Waals surface area contributed by atoms with Crippen LogP contribution in [0.1, 0.15) is 54.6 Å². The summed E-state index contributed by atoms with van der Waals surface area (Å²) < 4.78 is 0. The van der Waals surface area contributed by atoms with E-state index in [4.69, 9.17) is 0 Å². The normalized spacial score (nSPS) is 23.8. The lowest BCUT2D eigenvalue weighted by Crippen LogP contribution is -2.55. The molecule has 1 aromatic heterocycles. The molecule has 3 aromatic rings. The smallest absolute Gasteiger partial charge is 0.289 e. The summed E-state index contributed by atoms with van der Waals surface area (Å²) in [7, 11) is 0. The molecule has 3 fully saturated rings. The zero-order valence-electron chi connectivity index (χ0n) is 24.0. The summed E-state index contributed by atoms with van der Waals surface area (Å²) in [5, 5.41) is 9.24. The van der Waals surface area contributed by atoms with E-state index in [1.807, 2.05) is 54.6 Å². The van der Waals surface area contributed by atoms with E-state index < -0.39 is 35.6 Å². The number of nitrogens with one attached hydrogen (secondary N) is 4. The Morgan fingerprint density at radius 2 is 1.74 bits per heavy atom. The van der Waals surface area contributed by atoms with Crippen molar-refractivity contribution in [1.82, 2.24) is 25.8 Å². The summed E-state index contributed by atoms with van der Waals surface area (Å²) in [5.41, 5.74) is 2.08. The highest BCUT2D eigenvalue weighted by atomic mass is 16.2. The van der Waals surface area contributed by atoms with E-state index in [9.17, 15) is 24.0 Å². The third-order valence-electron chi connectivity index (χ3n) is 9.25. The second-order valence-corrected chi connectivity index (χ2v) is 12.0. The van der Waals surface area contributed by atoms with Crippen LogP contribution in [-0.2, 0) is 25.7 Å². The highest BCUT2D eigenvalue weighted by molar-refractivity contribution is 6.38. The highest BCUT2D eigenvalue weighted by Gasteiger charge is 2.50. The topological polar surface area (TPSA) is 140 Å². The lowest BCUT2D eigenvalue weighted by molar-refractivity contribution is -0.141. The van der Waals surface area contributed by atoms with Crippen molar-refractivity contribution in [3.63, 3.8) is 0 Å². The highest BCUT2D eigenvalue weighted by Crippen LogP contribution is 2.43. The Labute approximate surface area is 250 Å². The van der Waals surface area contributed by atoms with Gasteiger partial charge in [0, 0.05) is 36.5 Å². The molecule has 1 aliphatic carbocycles. The number of para-hydroxylation sites is 1. The fraction of sp³-hybridized carbons (Fsp3) is 0.424. The number of ketones is 1. The average Bonchev–Trinajstić information content (AvgIpc) is 3.75. The molecule has 5 unspecified atom stereocenters. The van der Waals surface area contributed by atoms with E-state index in [-0.39, 0.29) is 36.6 Å². The Morgan fingerprint density at radius 1 is 0.953 bits per heavy atom. The Hall–Kier alpha value is -4.47. The van der Waals surface area contributed by atoms with Gasteiger partial charge >= 0.3 is 0 Å². The molecule has 0 radical (unpaired) electrons. The lowest BCUT2D eigenvalue weighted by atomic mass is 9.89. The molecule has 2 saturated heterocycles. The standard InChI is InChI=1S/C33H37N5O5/c39-29(32(42)35-18-20-8-2-1-3-9-20)26(17-22-12-7-15-34-30(22)40)37-31(41)28-24-13-6-11-23(24)19-38(28)33(43)27-16-21-10-4-5-14-25(21)36-27/h1-5,8-10,14,16,22-24,26,28,36H,6-7,11-13,15,17-19H2,(H,34,40)(H,35,42)(H,37,41). The van der Waals surface area contributed by atoms with Crippen LogP contribution in [0.4, 0.5) is 0 Å². The predicted octanol–water partition coefficient (Wildman–Crippen LogP) is 2.70. The summed E-state index contributed by atoms with van der Waals surface area (Å²) in [6.07, 6.45) is 4.05. The number of carbonyl (C=O) groups is 5. The van der Waals surface area contributed by atoms with Crippen LogP contribution in [0, 0.1) is 17.8 Å². The Morgan fingerprint density at radius 3 is 2.53 bits per heavy atom. The van der Waals surface area contributed by atoms with Gasteiger partial charge in [-0.3, -0.25) is 24.0 Å². The molecule has 4 amide bonds. The average molecular weight is 584 g/mol. The molecule has 3 heterocycles. The van der Waals surface area contributed by atoms with Gasteiger partial charge in [0.2, 0.25) is 17.6 Å². The molecule has 4 N–H and O–H groups in total. The molecule has 5 atom stereocenters. The van der Waals surface area contributed by atoms with Gasteiger partial charge in [-0.2, -0.15) is 0 Å². The second-order valence-electron chi connectivity index (χ2n) is 12.0. The van der Waals surface area contributed by atoms with Crippen LogP contribution in [0.5, 0.6) is 0 Å². The number of hydrogen-bond acceptors (Lipinski definition) is 5. The van der Waals surface area contributed by atoms with E-state index in [0.29, 0.717) is 25.2 Å². The van der Waals surface area contributed by atoms with Crippen LogP contribution in [-0.4, -0.2) is 64.5 Å². The minimum atomic E-state index is -1.19. The Balaban J connectivity index is 1.22. The molecule has 0 spiro atoms. The first kappa shape index (κ1) is 28.6. The number of aromatic nitrogens is 1. The molecule has 224 valence electrons. The molecule has 10 heteroatoms. The summed E-state index contributed by atoms with van der Waals surface area (Å²) in [6, 6.07) is 16.7. The number of fused-ring (bicyclic) bond motifs is 2. The number of benzene rings is 2. The van der Waals surface area contributed by atoms with Crippen molar-refractivity contribution in [2.45, 2.75) is 57.2 Å². The Bertz CT molecular complexity index is 1500. The first-order valence-corrected chi connectivity index (χ1v) is 15.2. The van der Waals surface area contributed by atoms with E-state index in [1.165, 1.54) is 0 Å². The van der Waals surface area contributed by atoms with Crippen molar-refractivity contribution < 1.29 is 24.0 Å². The third-order valence-corrected chi connectivity index (χ3v) is 9.25. The molecule has 2 aliphatic heterocycles. The Kier molecular flexibility index (Phi) is 8.26. The van der Waals surface area contributed by atoms with Gasteiger partial charge in [-0.15, -0.1) is 0 Å². The number of amides is 4. The molecule has 2 aromatic carbocycles. The number of hydrogen-bond donors (Lipinski definition) is 4. The number of Topliss-reactive ketones (excluding diaryl/α,β-unsaturated/α-hetero) is 1. The minimum Gasteiger partial charge on any atom is -0.356 e.